The lowest BCUT2D eigenvalue weighted by Gasteiger charge is -1.93. The van der Waals surface area contributed by atoms with E-state index in [2.05, 4.69) is 10.2 Å². The zero-order valence-corrected chi connectivity index (χ0v) is 6.33. The number of carbonyl (C=O) groups excluding carboxylic acids is 1. The Balaban J connectivity index is 4.64. The van der Waals surface area contributed by atoms with Gasteiger partial charge >= 0.3 is 0 Å². The van der Waals surface area contributed by atoms with Crippen molar-refractivity contribution < 1.29 is 9.90 Å². The van der Waals surface area contributed by atoms with Crippen molar-refractivity contribution in [2.45, 2.75) is 13.8 Å². The summed E-state index contributed by atoms with van der Waals surface area (Å²) < 4.78 is 0. The van der Waals surface area contributed by atoms with Gasteiger partial charge in [-0.15, -0.1) is 10.2 Å². The maximum Gasteiger partial charge on any atom is 0.183 e. The fourth-order valence-electron chi connectivity index (χ4n) is 0.484. The van der Waals surface area contributed by atoms with Gasteiger partial charge in [-0.05, 0) is 6.92 Å². The van der Waals surface area contributed by atoms with E-state index in [0.717, 1.165) is 0 Å². The summed E-state index contributed by atoms with van der Waals surface area (Å²) in [5.41, 5.74) is -0.117. The summed E-state index contributed by atoms with van der Waals surface area (Å²) >= 11 is 0. The van der Waals surface area contributed by atoms with Crippen LogP contribution in [0.3, 0.4) is 0 Å². The Hall–Kier alpha value is -1.52. The van der Waals surface area contributed by atoms with Crippen LogP contribution in [-0.2, 0) is 4.79 Å². The van der Waals surface area contributed by atoms with Crippen LogP contribution in [0.2, 0.25) is 0 Å². The average molecular weight is 155 g/mol. The quantitative estimate of drug-likeness (QED) is 0.212. The second-order valence-corrected chi connectivity index (χ2v) is 1.83. The van der Waals surface area contributed by atoms with Gasteiger partial charge in [0.15, 0.2) is 11.5 Å². The van der Waals surface area contributed by atoms with Crippen molar-refractivity contribution in [3.63, 3.8) is 0 Å². The second-order valence-electron chi connectivity index (χ2n) is 1.83. The minimum atomic E-state index is -0.379. The maximum atomic E-state index is 10.6. The number of ketones is 1. The van der Waals surface area contributed by atoms with Crippen molar-refractivity contribution >= 4 is 12.1 Å². The van der Waals surface area contributed by atoms with Crippen molar-refractivity contribution in [1.82, 2.24) is 0 Å². The lowest BCUT2D eigenvalue weighted by molar-refractivity contribution is -0.113. The Morgan fingerprint density at radius 1 is 1.55 bits per heavy atom. The van der Waals surface area contributed by atoms with E-state index in [1.165, 1.54) is 13.8 Å². The molecule has 0 atom stereocenters. The third-order valence-corrected chi connectivity index (χ3v) is 0.892. The van der Waals surface area contributed by atoms with Crippen molar-refractivity contribution in [2.24, 2.45) is 10.2 Å². The van der Waals surface area contributed by atoms with E-state index in [1.54, 1.807) is 0 Å². The van der Waals surface area contributed by atoms with Crippen LogP contribution < -0.4 is 0 Å². The first-order chi connectivity index (χ1) is 5.09. The summed E-state index contributed by atoms with van der Waals surface area (Å²) in [5, 5.41) is 21.8. The van der Waals surface area contributed by atoms with Gasteiger partial charge in [0.2, 0.25) is 0 Å². The van der Waals surface area contributed by atoms with Crippen LogP contribution in [0.1, 0.15) is 13.8 Å². The number of nitrogens with zero attached hydrogens (tertiary/aromatic N) is 2. The van der Waals surface area contributed by atoms with E-state index in [0.29, 0.717) is 6.34 Å². The third kappa shape index (κ3) is 3.24. The molecule has 5 heteroatoms. The molecule has 0 unspecified atom stereocenters. The molecule has 0 saturated heterocycles. The number of carbonyl (C=O) groups is 1. The van der Waals surface area contributed by atoms with Gasteiger partial charge in [-0.25, -0.2) is 0 Å². The Kier molecular flexibility index (Phi) is 3.72. The molecule has 0 aromatic rings. The smallest absolute Gasteiger partial charge is 0.183 e. The number of azo groups is 1. The highest BCUT2D eigenvalue weighted by Crippen LogP contribution is 2.03. The van der Waals surface area contributed by atoms with Gasteiger partial charge in [-0.2, -0.15) is 0 Å². The van der Waals surface area contributed by atoms with Crippen LogP contribution in [0.5, 0.6) is 0 Å². The molecule has 11 heavy (non-hydrogen) atoms. The van der Waals surface area contributed by atoms with Gasteiger partial charge in [0.05, 0.1) is 0 Å². The maximum absolute atomic E-state index is 10.6. The lowest BCUT2D eigenvalue weighted by atomic mass is 10.3. The number of hydrogen-bond donors (Lipinski definition) is 2. The van der Waals surface area contributed by atoms with Crippen molar-refractivity contribution in [2.75, 3.05) is 0 Å². The zero-order valence-electron chi connectivity index (χ0n) is 6.33. The summed E-state index contributed by atoms with van der Waals surface area (Å²) in [7, 11) is 0. The molecular formula is C6H9N3O2. The predicted octanol–water partition coefficient (Wildman–Crippen LogP) is 1.42. The van der Waals surface area contributed by atoms with Crippen molar-refractivity contribution in [3.8, 4) is 0 Å². The molecule has 0 amide bonds. The molecule has 60 valence electrons. The molecular weight excluding hydrogens is 146 g/mol. The average Bonchev–Trinajstić information content (AvgIpc) is 1.87. The van der Waals surface area contributed by atoms with Gasteiger partial charge in [0.25, 0.3) is 0 Å². The lowest BCUT2D eigenvalue weighted by Crippen LogP contribution is -1.96. The number of aliphatic hydroxyl groups excluding tert-OH is 1. The van der Waals surface area contributed by atoms with Crippen LogP contribution in [0.4, 0.5) is 0 Å². The SMILES string of the molecule is CC(=O)/C(N=NC=N)=C(\C)O. The predicted molar refractivity (Wildman–Crippen MR) is 39.6 cm³/mol. The highest BCUT2D eigenvalue weighted by molar-refractivity contribution is 5.93. The molecule has 0 aromatic heterocycles. The van der Waals surface area contributed by atoms with Gasteiger partial charge in [0, 0.05) is 6.92 Å². The molecule has 0 bridgehead atoms. The standard InChI is InChI=1S/C6H9N3O2/c1-4(10)6(5(2)11)9-8-3-7/h3,7,10H,1-2H3/b6-4-,7-3?,9-8?. The summed E-state index contributed by atoms with van der Waals surface area (Å²) in [5.74, 6) is -0.571. The van der Waals surface area contributed by atoms with Crippen LogP contribution in [0.25, 0.3) is 0 Å². The first kappa shape index (κ1) is 9.48. The molecule has 0 saturated carbocycles. The molecule has 0 aliphatic carbocycles. The molecule has 0 spiro atoms. The van der Waals surface area contributed by atoms with Crippen LogP contribution in [0.15, 0.2) is 21.7 Å². The summed E-state index contributed by atoms with van der Waals surface area (Å²) in [4.78, 5) is 10.6. The first-order valence-electron chi connectivity index (χ1n) is 2.90. The van der Waals surface area contributed by atoms with Gasteiger partial charge in [-0.3, -0.25) is 10.2 Å². The Morgan fingerprint density at radius 3 is 2.36 bits per heavy atom. The number of aliphatic hydroxyl groups is 1. The monoisotopic (exact) mass is 155 g/mol. The van der Waals surface area contributed by atoms with E-state index in [1.807, 2.05) is 0 Å². The van der Waals surface area contributed by atoms with Crippen LogP contribution >= 0.6 is 0 Å². The van der Waals surface area contributed by atoms with E-state index in [4.69, 9.17) is 10.5 Å². The van der Waals surface area contributed by atoms with E-state index >= 15 is 0 Å². The second kappa shape index (κ2) is 4.32. The number of hydrogen-bond acceptors (Lipinski definition) is 4. The molecule has 0 radical (unpaired) electrons. The molecule has 2 N–H and O–H groups in total. The van der Waals surface area contributed by atoms with Crippen molar-refractivity contribution in [1.29, 1.82) is 5.41 Å². The van der Waals surface area contributed by atoms with E-state index in [9.17, 15) is 4.79 Å². The molecule has 0 fully saturated rings. The fraction of sp³-hybridized carbons (Fsp3) is 0.333. The molecule has 0 rings (SSSR count). The number of nitrogens with one attached hydrogen (secondary N) is 1. The number of allylic oxidation sites excluding steroid dienone is 2. The van der Waals surface area contributed by atoms with Crippen LogP contribution in [-0.4, -0.2) is 17.2 Å². The largest absolute Gasteiger partial charge is 0.510 e. The highest BCUT2D eigenvalue weighted by atomic mass is 16.3. The minimum Gasteiger partial charge on any atom is -0.510 e. The van der Waals surface area contributed by atoms with E-state index < -0.39 is 0 Å². The molecule has 0 aliphatic heterocycles. The highest BCUT2D eigenvalue weighted by Gasteiger charge is 2.05. The Bertz CT molecular complexity index is 226. The van der Waals surface area contributed by atoms with Gasteiger partial charge < -0.3 is 5.11 Å². The minimum absolute atomic E-state index is 0.117. The zero-order chi connectivity index (χ0) is 8.85. The topological polar surface area (TPSA) is 85.9 Å². The number of rotatable bonds is 3. The third-order valence-electron chi connectivity index (χ3n) is 0.892. The molecule has 0 heterocycles. The van der Waals surface area contributed by atoms with Gasteiger partial charge in [-0.1, -0.05) is 0 Å². The summed E-state index contributed by atoms with van der Waals surface area (Å²) in [6.45, 7) is 2.59. The Morgan fingerprint density at radius 2 is 2.09 bits per heavy atom. The van der Waals surface area contributed by atoms with Gasteiger partial charge in [0.1, 0.15) is 12.1 Å². The molecule has 0 aliphatic rings. The molecule has 5 nitrogen and oxygen atoms in total. The first-order valence-corrected chi connectivity index (χ1v) is 2.90. The Labute approximate surface area is 64.0 Å². The fourth-order valence-corrected chi connectivity index (χ4v) is 0.484. The summed E-state index contributed by atoms with van der Waals surface area (Å²) in [6, 6.07) is 0. The van der Waals surface area contributed by atoms with Crippen LogP contribution in [0, 0.1) is 5.41 Å². The van der Waals surface area contributed by atoms with Crippen molar-refractivity contribution in [3.05, 3.63) is 11.5 Å². The normalized spacial score (nSPS) is 12.9. The van der Waals surface area contributed by atoms with E-state index in [-0.39, 0.29) is 17.2 Å². The summed E-state index contributed by atoms with van der Waals surface area (Å²) in [6.07, 6.45) is 0.686. The number of Topliss-reactive ketones (excluding diaryl/α,β-unsaturated/α-hetero) is 1. The molecule has 0 aromatic carbocycles.